The smallest absolute Gasteiger partial charge is 0.306 e. The fraction of sp³-hybridized carbons (Fsp3) is 0.929. The molecule has 0 aliphatic heterocycles. The number of ether oxygens (including phenoxy) is 2. The van der Waals surface area contributed by atoms with Crippen LogP contribution >= 0.6 is 0 Å². The number of carbonyl (C=O) groups excluding carboxylic acids is 2. The van der Waals surface area contributed by atoms with E-state index in [0.29, 0.717) is 12.8 Å². The molecule has 362 valence electrons. The topological polar surface area (TPSA) is 72.8 Å². The van der Waals surface area contributed by atoms with Crippen molar-refractivity contribution in [3.05, 3.63) is 12.2 Å². The van der Waals surface area contributed by atoms with Crippen LogP contribution in [0.3, 0.4) is 0 Å². The monoisotopic (exact) mass is 861 g/mol. The Labute approximate surface area is 381 Å². The number of carbonyl (C=O) groups is 2. The highest BCUT2D eigenvalue weighted by molar-refractivity contribution is 5.70. The Morgan fingerprint density at radius 1 is 0.361 bits per heavy atom. The van der Waals surface area contributed by atoms with E-state index in [1.54, 1.807) is 0 Å². The molecule has 0 saturated carbocycles. The summed E-state index contributed by atoms with van der Waals surface area (Å²) in [7, 11) is 0. The Kier molecular flexibility index (Phi) is 51.8. The molecular formula is C56H108O5. The van der Waals surface area contributed by atoms with Crippen LogP contribution in [-0.2, 0) is 19.1 Å². The molecule has 1 unspecified atom stereocenters. The van der Waals surface area contributed by atoms with E-state index in [4.69, 9.17) is 9.47 Å². The lowest BCUT2D eigenvalue weighted by atomic mass is 10.0. The highest BCUT2D eigenvalue weighted by Gasteiger charge is 2.16. The maximum atomic E-state index is 12.2. The molecule has 0 rings (SSSR count). The predicted octanol–water partition coefficient (Wildman–Crippen LogP) is 18.4. The summed E-state index contributed by atoms with van der Waals surface area (Å²) >= 11 is 0. The third-order valence-corrected chi connectivity index (χ3v) is 12.8. The molecule has 0 aliphatic carbocycles. The molecular weight excluding hydrogens is 753 g/mol. The van der Waals surface area contributed by atoms with E-state index < -0.39 is 6.10 Å². The maximum absolute atomic E-state index is 12.2. The van der Waals surface area contributed by atoms with Crippen molar-refractivity contribution < 1.29 is 24.2 Å². The number of allylic oxidation sites excluding steroid dienone is 2. The lowest BCUT2D eigenvalue weighted by molar-refractivity contribution is -0.161. The van der Waals surface area contributed by atoms with E-state index in [0.717, 1.165) is 38.5 Å². The summed E-state index contributed by atoms with van der Waals surface area (Å²) in [6.45, 7) is 4.17. The molecule has 0 fully saturated rings. The van der Waals surface area contributed by atoms with Crippen LogP contribution < -0.4 is 0 Å². The van der Waals surface area contributed by atoms with Crippen molar-refractivity contribution in [1.82, 2.24) is 0 Å². The first-order valence-corrected chi connectivity index (χ1v) is 27.7. The lowest BCUT2D eigenvalue weighted by Crippen LogP contribution is -2.28. The van der Waals surface area contributed by atoms with Crippen LogP contribution in [0.2, 0.25) is 0 Å². The molecule has 0 aromatic rings. The average Bonchev–Trinajstić information content (AvgIpc) is 3.26. The number of unbranched alkanes of at least 4 members (excludes halogenated alkanes) is 42. The molecule has 0 radical (unpaired) electrons. The van der Waals surface area contributed by atoms with Gasteiger partial charge in [0.1, 0.15) is 6.61 Å². The third-order valence-electron chi connectivity index (χ3n) is 12.8. The molecule has 0 bridgehead atoms. The second-order valence-electron chi connectivity index (χ2n) is 19.0. The van der Waals surface area contributed by atoms with Crippen molar-refractivity contribution in [2.24, 2.45) is 0 Å². The normalized spacial score (nSPS) is 12.1. The zero-order chi connectivity index (χ0) is 44.2. The van der Waals surface area contributed by atoms with E-state index in [9.17, 15) is 14.7 Å². The van der Waals surface area contributed by atoms with Gasteiger partial charge in [0.05, 0.1) is 6.61 Å². The summed E-state index contributed by atoms with van der Waals surface area (Å²) in [6.07, 6.45) is 64.9. The fourth-order valence-corrected chi connectivity index (χ4v) is 8.61. The van der Waals surface area contributed by atoms with Crippen LogP contribution in [0, 0.1) is 0 Å². The molecule has 0 saturated heterocycles. The molecule has 5 nitrogen and oxygen atoms in total. The van der Waals surface area contributed by atoms with Gasteiger partial charge in [0.15, 0.2) is 6.10 Å². The van der Waals surface area contributed by atoms with Gasteiger partial charge in [-0.25, -0.2) is 0 Å². The van der Waals surface area contributed by atoms with Gasteiger partial charge in [0, 0.05) is 12.8 Å². The van der Waals surface area contributed by atoms with Gasteiger partial charge >= 0.3 is 11.9 Å². The van der Waals surface area contributed by atoms with Crippen LogP contribution in [0.15, 0.2) is 12.2 Å². The first kappa shape index (κ1) is 59.6. The standard InChI is InChI=1S/C56H108O5/c1-3-5-7-9-11-13-15-17-19-20-21-22-23-24-25-26-27-28-29-30-31-32-33-34-35-36-37-39-40-42-44-46-48-50-55(58)60-53-54(52-57)61-56(59)51-49-47-45-43-41-38-18-16-14-12-10-8-6-4-2/h16,18,54,57H,3-15,17,19-53H2,1-2H3/b18-16-. The average molecular weight is 861 g/mol. The van der Waals surface area contributed by atoms with Crippen LogP contribution in [0.4, 0.5) is 0 Å². The minimum atomic E-state index is -0.770. The maximum Gasteiger partial charge on any atom is 0.306 e. The van der Waals surface area contributed by atoms with Crippen molar-refractivity contribution in [2.75, 3.05) is 13.2 Å². The molecule has 1 atom stereocenters. The van der Waals surface area contributed by atoms with E-state index in [2.05, 4.69) is 26.0 Å². The third kappa shape index (κ3) is 51.2. The molecule has 0 aromatic heterocycles. The van der Waals surface area contributed by atoms with Gasteiger partial charge in [-0.2, -0.15) is 0 Å². The number of aliphatic hydroxyl groups excluding tert-OH is 1. The highest BCUT2D eigenvalue weighted by Crippen LogP contribution is 2.18. The van der Waals surface area contributed by atoms with Gasteiger partial charge in [-0.1, -0.05) is 276 Å². The van der Waals surface area contributed by atoms with Crippen molar-refractivity contribution >= 4 is 11.9 Å². The van der Waals surface area contributed by atoms with Crippen LogP contribution in [-0.4, -0.2) is 36.4 Å². The molecule has 61 heavy (non-hydrogen) atoms. The Bertz CT molecular complexity index is 886. The Balaban J connectivity index is 3.36. The van der Waals surface area contributed by atoms with Crippen molar-refractivity contribution in [3.8, 4) is 0 Å². The first-order valence-electron chi connectivity index (χ1n) is 27.7. The Morgan fingerprint density at radius 2 is 0.607 bits per heavy atom. The number of rotatable bonds is 52. The zero-order valence-corrected chi connectivity index (χ0v) is 41.5. The lowest BCUT2D eigenvalue weighted by Gasteiger charge is -2.15. The summed E-state index contributed by atoms with van der Waals surface area (Å²) in [6, 6.07) is 0. The minimum absolute atomic E-state index is 0.0625. The molecule has 1 N–H and O–H groups in total. The van der Waals surface area contributed by atoms with E-state index in [1.807, 2.05) is 0 Å². The largest absolute Gasteiger partial charge is 0.462 e. The summed E-state index contributed by atoms with van der Waals surface area (Å²) < 4.78 is 10.7. The van der Waals surface area contributed by atoms with Crippen LogP contribution in [0.1, 0.15) is 316 Å². The van der Waals surface area contributed by atoms with Gasteiger partial charge in [-0.15, -0.1) is 0 Å². The summed E-state index contributed by atoms with van der Waals surface area (Å²) in [5.41, 5.74) is 0. The second-order valence-corrected chi connectivity index (χ2v) is 19.0. The molecule has 0 aromatic carbocycles. The van der Waals surface area contributed by atoms with Crippen LogP contribution in [0.25, 0.3) is 0 Å². The number of esters is 2. The van der Waals surface area contributed by atoms with Crippen molar-refractivity contribution in [1.29, 1.82) is 0 Å². The number of aliphatic hydroxyl groups is 1. The predicted molar refractivity (Wildman–Crippen MR) is 265 cm³/mol. The SMILES string of the molecule is CCCCCCC/C=C\CCCCCCCC(=O)OC(CO)COC(=O)CCCCCCCCCCCCCCCCCCCCCCCCCCCCCCCCCCC. The van der Waals surface area contributed by atoms with Gasteiger partial charge in [0.25, 0.3) is 0 Å². The van der Waals surface area contributed by atoms with Gasteiger partial charge < -0.3 is 14.6 Å². The zero-order valence-electron chi connectivity index (χ0n) is 41.5. The van der Waals surface area contributed by atoms with E-state index in [-0.39, 0.29) is 25.2 Å². The van der Waals surface area contributed by atoms with E-state index in [1.165, 1.54) is 250 Å². The summed E-state index contributed by atoms with van der Waals surface area (Å²) in [5, 5.41) is 9.61. The molecule has 0 amide bonds. The molecule has 0 heterocycles. The van der Waals surface area contributed by atoms with E-state index >= 15 is 0 Å². The molecule has 0 spiro atoms. The van der Waals surface area contributed by atoms with Crippen molar-refractivity contribution in [3.63, 3.8) is 0 Å². The first-order chi connectivity index (χ1) is 30.1. The highest BCUT2D eigenvalue weighted by atomic mass is 16.6. The number of hydrogen-bond acceptors (Lipinski definition) is 5. The van der Waals surface area contributed by atoms with Gasteiger partial charge in [0.2, 0.25) is 0 Å². The van der Waals surface area contributed by atoms with Gasteiger partial charge in [-0.3, -0.25) is 9.59 Å². The fourth-order valence-electron chi connectivity index (χ4n) is 8.61. The second kappa shape index (κ2) is 53.0. The quantitative estimate of drug-likeness (QED) is 0.0375. The Hall–Kier alpha value is -1.36. The Morgan fingerprint density at radius 3 is 0.885 bits per heavy atom. The van der Waals surface area contributed by atoms with Crippen LogP contribution in [0.5, 0.6) is 0 Å². The van der Waals surface area contributed by atoms with Crippen molar-refractivity contribution in [2.45, 2.75) is 322 Å². The number of hydrogen-bond donors (Lipinski definition) is 1. The summed E-state index contributed by atoms with van der Waals surface area (Å²) in [4.78, 5) is 24.4. The molecule has 5 heteroatoms. The minimum Gasteiger partial charge on any atom is -0.462 e. The molecule has 0 aliphatic rings. The summed E-state index contributed by atoms with van der Waals surface area (Å²) in [5.74, 6) is -0.583. The van der Waals surface area contributed by atoms with Gasteiger partial charge in [-0.05, 0) is 38.5 Å².